The molecule has 1 aromatic rings. The Morgan fingerprint density at radius 3 is 2.41 bits per heavy atom. The molecule has 0 unspecified atom stereocenters. The highest BCUT2D eigenvalue weighted by atomic mass is 16.5. The van der Waals surface area contributed by atoms with Gasteiger partial charge in [0.2, 0.25) is 11.8 Å². The number of benzene rings is 1. The lowest BCUT2D eigenvalue weighted by Crippen LogP contribution is -2.45. The first-order valence-electron chi connectivity index (χ1n) is 7.38. The summed E-state index contributed by atoms with van der Waals surface area (Å²) in [6.07, 6.45) is 0.244. The molecule has 0 aromatic heterocycles. The van der Waals surface area contributed by atoms with Crippen molar-refractivity contribution in [1.29, 1.82) is 0 Å². The van der Waals surface area contributed by atoms with Crippen LogP contribution in [0.1, 0.15) is 39.7 Å². The number of amides is 2. The Kier molecular flexibility index (Phi) is 5.97. The number of carbonyl (C=O) groups excluding carboxylic acids is 2. The smallest absolute Gasteiger partial charge is 0.226 e. The van der Waals surface area contributed by atoms with Gasteiger partial charge in [0.15, 0.2) is 0 Å². The number of carbonyl (C=O) groups is 2. The van der Waals surface area contributed by atoms with E-state index in [9.17, 15) is 9.59 Å². The molecule has 0 spiro atoms. The quantitative estimate of drug-likeness (QED) is 0.910. The number of aryl methyl sites for hydroxylation is 1. The summed E-state index contributed by atoms with van der Waals surface area (Å²) in [4.78, 5) is 25.5. The minimum Gasteiger partial charge on any atom is -0.495 e. The second-order valence-corrected chi connectivity index (χ2v) is 6.34. The molecular formula is C17H26N2O3. The summed E-state index contributed by atoms with van der Waals surface area (Å²) in [7, 11) is 1.57. The van der Waals surface area contributed by atoms with E-state index in [1.165, 1.54) is 6.92 Å². The molecule has 0 aliphatic rings. The van der Waals surface area contributed by atoms with E-state index in [0.717, 1.165) is 5.56 Å². The summed E-state index contributed by atoms with van der Waals surface area (Å²) in [5, 5.41) is 2.85. The normalized spacial score (nSPS) is 11.0. The summed E-state index contributed by atoms with van der Waals surface area (Å²) in [6, 6.07) is 5.61. The lowest BCUT2D eigenvalue weighted by atomic mass is 10.1. The fourth-order valence-corrected chi connectivity index (χ4v) is 2.31. The van der Waals surface area contributed by atoms with Crippen molar-refractivity contribution in [3.63, 3.8) is 0 Å². The van der Waals surface area contributed by atoms with Crippen molar-refractivity contribution in [2.75, 3.05) is 19.0 Å². The minimum atomic E-state index is -0.298. The fraction of sp³-hybridized carbons (Fsp3) is 0.529. The maximum Gasteiger partial charge on any atom is 0.226 e. The molecule has 1 rings (SSSR count). The number of anilines is 1. The van der Waals surface area contributed by atoms with E-state index in [0.29, 0.717) is 18.0 Å². The maximum absolute atomic E-state index is 12.1. The van der Waals surface area contributed by atoms with Gasteiger partial charge < -0.3 is 15.0 Å². The van der Waals surface area contributed by atoms with Crippen molar-refractivity contribution in [2.24, 2.45) is 0 Å². The third-order valence-electron chi connectivity index (χ3n) is 3.38. The van der Waals surface area contributed by atoms with Crippen LogP contribution in [-0.2, 0) is 9.59 Å². The molecular weight excluding hydrogens is 280 g/mol. The van der Waals surface area contributed by atoms with Crippen LogP contribution in [0.4, 0.5) is 5.69 Å². The molecule has 22 heavy (non-hydrogen) atoms. The monoisotopic (exact) mass is 306 g/mol. The Hall–Kier alpha value is -2.04. The van der Waals surface area contributed by atoms with Crippen LogP contribution in [0.2, 0.25) is 0 Å². The number of nitrogens with one attached hydrogen (secondary N) is 1. The van der Waals surface area contributed by atoms with Gasteiger partial charge in [-0.2, -0.15) is 0 Å². The Morgan fingerprint density at radius 2 is 1.91 bits per heavy atom. The summed E-state index contributed by atoms with van der Waals surface area (Å²) < 4.78 is 5.24. The van der Waals surface area contributed by atoms with E-state index in [1.807, 2.05) is 45.9 Å². The van der Waals surface area contributed by atoms with Crippen LogP contribution in [0.3, 0.4) is 0 Å². The number of hydrogen-bond acceptors (Lipinski definition) is 3. The Morgan fingerprint density at radius 1 is 1.27 bits per heavy atom. The molecule has 1 aromatic carbocycles. The molecule has 5 nitrogen and oxygen atoms in total. The Bertz CT molecular complexity index is 547. The average Bonchev–Trinajstić information content (AvgIpc) is 2.37. The molecule has 5 heteroatoms. The zero-order chi connectivity index (χ0) is 16.9. The molecule has 0 aliphatic heterocycles. The van der Waals surface area contributed by atoms with E-state index < -0.39 is 0 Å². The van der Waals surface area contributed by atoms with Gasteiger partial charge in [-0.3, -0.25) is 9.59 Å². The first-order valence-corrected chi connectivity index (χ1v) is 7.38. The first-order chi connectivity index (χ1) is 10.1. The summed E-state index contributed by atoms with van der Waals surface area (Å²) in [5.74, 6) is 0.450. The van der Waals surface area contributed by atoms with Crippen molar-refractivity contribution in [2.45, 2.75) is 46.6 Å². The molecule has 2 amide bonds. The van der Waals surface area contributed by atoms with E-state index in [-0.39, 0.29) is 23.8 Å². The van der Waals surface area contributed by atoms with E-state index in [4.69, 9.17) is 4.74 Å². The zero-order valence-corrected chi connectivity index (χ0v) is 14.3. The van der Waals surface area contributed by atoms with Crippen LogP contribution in [0.15, 0.2) is 18.2 Å². The van der Waals surface area contributed by atoms with Gasteiger partial charge in [-0.05, 0) is 45.4 Å². The van der Waals surface area contributed by atoms with Gasteiger partial charge in [-0.15, -0.1) is 0 Å². The Balaban J connectivity index is 2.71. The van der Waals surface area contributed by atoms with Crippen molar-refractivity contribution in [1.82, 2.24) is 4.90 Å². The highest BCUT2D eigenvalue weighted by Crippen LogP contribution is 2.25. The molecule has 0 bridgehead atoms. The number of ether oxygens (including phenoxy) is 1. The topological polar surface area (TPSA) is 58.6 Å². The third-order valence-corrected chi connectivity index (χ3v) is 3.38. The van der Waals surface area contributed by atoms with Gasteiger partial charge in [-0.25, -0.2) is 0 Å². The second kappa shape index (κ2) is 7.29. The predicted molar refractivity (Wildman–Crippen MR) is 88.1 cm³/mol. The molecule has 122 valence electrons. The van der Waals surface area contributed by atoms with Gasteiger partial charge in [0, 0.05) is 25.4 Å². The van der Waals surface area contributed by atoms with Gasteiger partial charge in [0.05, 0.1) is 12.8 Å². The van der Waals surface area contributed by atoms with E-state index in [2.05, 4.69) is 5.32 Å². The first kappa shape index (κ1) is 18.0. The van der Waals surface area contributed by atoms with Gasteiger partial charge in [0.1, 0.15) is 5.75 Å². The van der Waals surface area contributed by atoms with E-state index in [1.54, 1.807) is 12.0 Å². The predicted octanol–water partition coefficient (Wildman–Crippen LogP) is 2.98. The fourth-order valence-electron chi connectivity index (χ4n) is 2.31. The number of rotatable bonds is 5. The number of methoxy groups -OCH3 is 1. The minimum absolute atomic E-state index is 0.0339. The largest absolute Gasteiger partial charge is 0.495 e. The summed E-state index contributed by atoms with van der Waals surface area (Å²) >= 11 is 0. The summed E-state index contributed by atoms with van der Waals surface area (Å²) in [5.41, 5.74) is 1.39. The average molecular weight is 306 g/mol. The molecule has 0 radical (unpaired) electrons. The van der Waals surface area contributed by atoms with Crippen molar-refractivity contribution in [3.05, 3.63) is 23.8 Å². The molecule has 0 atom stereocenters. The highest BCUT2D eigenvalue weighted by Gasteiger charge is 2.24. The molecule has 0 heterocycles. The van der Waals surface area contributed by atoms with Gasteiger partial charge >= 0.3 is 0 Å². The van der Waals surface area contributed by atoms with Crippen LogP contribution in [0, 0.1) is 6.92 Å². The van der Waals surface area contributed by atoms with E-state index >= 15 is 0 Å². The maximum atomic E-state index is 12.1. The number of hydrogen-bond donors (Lipinski definition) is 1. The third kappa shape index (κ3) is 5.06. The van der Waals surface area contributed by atoms with Crippen LogP contribution >= 0.6 is 0 Å². The SMILES string of the molecule is COc1ccc(C)cc1NC(=O)CCN(C(C)=O)C(C)(C)C. The van der Waals surface area contributed by atoms with Crippen molar-refractivity contribution in [3.8, 4) is 5.75 Å². The molecule has 0 saturated carbocycles. The molecule has 1 N–H and O–H groups in total. The zero-order valence-electron chi connectivity index (χ0n) is 14.3. The Labute approximate surface area is 132 Å². The van der Waals surface area contributed by atoms with Crippen LogP contribution in [-0.4, -0.2) is 35.9 Å². The van der Waals surface area contributed by atoms with Crippen LogP contribution in [0.25, 0.3) is 0 Å². The lowest BCUT2D eigenvalue weighted by Gasteiger charge is -2.34. The second-order valence-electron chi connectivity index (χ2n) is 6.34. The van der Waals surface area contributed by atoms with Gasteiger partial charge in [0.25, 0.3) is 0 Å². The van der Waals surface area contributed by atoms with Crippen molar-refractivity contribution < 1.29 is 14.3 Å². The van der Waals surface area contributed by atoms with Crippen molar-refractivity contribution >= 4 is 17.5 Å². The van der Waals surface area contributed by atoms with Crippen LogP contribution < -0.4 is 10.1 Å². The molecule has 0 fully saturated rings. The molecule has 0 aliphatic carbocycles. The van der Waals surface area contributed by atoms with Crippen LogP contribution in [0.5, 0.6) is 5.75 Å². The molecule has 0 saturated heterocycles. The number of nitrogens with zero attached hydrogens (tertiary/aromatic N) is 1. The summed E-state index contributed by atoms with van der Waals surface area (Å²) in [6.45, 7) is 9.72. The standard InChI is InChI=1S/C17H26N2O3/c1-12-7-8-15(22-6)14(11-12)18-16(21)9-10-19(13(2)20)17(3,4)5/h7-8,11H,9-10H2,1-6H3,(H,18,21). The van der Waals surface area contributed by atoms with Gasteiger partial charge in [-0.1, -0.05) is 6.07 Å². The highest BCUT2D eigenvalue weighted by molar-refractivity contribution is 5.92. The lowest BCUT2D eigenvalue weighted by molar-refractivity contribution is -0.134.